The number of nitrogens with zero attached hydrogens (tertiary/aromatic N) is 2. The molecule has 2 aliphatic rings. The predicted molar refractivity (Wildman–Crippen MR) is 170 cm³/mol. The van der Waals surface area contributed by atoms with Gasteiger partial charge in [0.2, 0.25) is 0 Å². The van der Waals surface area contributed by atoms with Gasteiger partial charge in [-0.05, 0) is 63.0 Å². The lowest BCUT2D eigenvalue weighted by Crippen LogP contribution is -2.45. The summed E-state index contributed by atoms with van der Waals surface area (Å²) < 4.78 is 0. The van der Waals surface area contributed by atoms with Crippen molar-refractivity contribution in [3.63, 3.8) is 0 Å². The molecule has 7 nitrogen and oxygen atoms in total. The number of hydrazine groups is 1. The largest absolute Gasteiger partial charge is 0.275 e. The molecule has 43 heavy (non-hydrogen) atoms. The zero-order valence-electron chi connectivity index (χ0n) is 24.5. The molecular weight excluding hydrogens is 538 g/mol. The number of benzene rings is 5. The summed E-state index contributed by atoms with van der Waals surface area (Å²) in [5.41, 5.74) is 1.86. The highest BCUT2D eigenvalue weighted by atomic mass is 16.2. The Morgan fingerprint density at radius 1 is 0.465 bits per heavy atom. The number of imide groups is 2. The molecule has 0 bridgehead atoms. The van der Waals surface area contributed by atoms with Gasteiger partial charge in [0.25, 0.3) is 23.6 Å². The molecule has 2 aliphatic heterocycles. The van der Waals surface area contributed by atoms with Crippen LogP contribution in [0.4, 0.5) is 0 Å². The first-order chi connectivity index (χ1) is 20.9. The molecular formula is C36H35N3O4. The van der Waals surface area contributed by atoms with Gasteiger partial charge < -0.3 is 0 Å². The molecule has 218 valence electrons. The quantitative estimate of drug-likeness (QED) is 0.0435. The standard InChI is InChI=1S/C36H35N3O4/c1-2-3-4-5-6-7-8-9-10-11-20-38-33(40)25-16-12-21-23-14-18-27-32-28(36(43)39(37)35(27)42)19-15-24(30(23)32)22-13-17-26(34(38)41)31(25)29(21)22/h12-19H,2-11,20,37H2,1H3. The van der Waals surface area contributed by atoms with Crippen LogP contribution >= 0.6 is 0 Å². The third-order valence-electron chi connectivity index (χ3n) is 9.49. The third kappa shape index (κ3) is 4.13. The van der Waals surface area contributed by atoms with E-state index in [-0.39, 0.29) is 11.8 Å². The van der Waals surface area contributed by atoms with E-state index in [1.807, 2.05) is 36.4 Å². The van der Waals surface area contributed by atoms with Gasteiger partial charge in [0.1, 0.15) is 0 Å². The number of fused-ring (bicyclic) bond motifs is 2. The van der Waals surface area contributed by atoms with Crippen LogP contribution in [-0.2, 0) is 0 Å². The number of nitrogens with two attached hydrogens (primary N) is 1. The zero-order valence-corrected chi connectivity index (χ0v) is 24.5. The monoisotopic (exact) mass is 573 g/mol. The van der Waals surface area contributed by atoms with E-state index in [1.54, 1.807) is 12.1 Å². The van der Waals surface area contributed by atoms with Crippen molar-refractivity contribution < 1.29 is 19.2 Å². The fraction of sp³-hybridized carbons (Fsp3) is 0.333. The van der Waals surface area contributed by atoms with Crippen LogP contribution in [0, 0.1) is 0 Å². The molecule has 0 saturated heterocycles. The number of rotatable bonds is 11. The Labute approximate surface area is 249 Å². The Kier molecular flexibility index (Phi) is 6.85. The van der Waals surface area contributed by atoms with Crippen LogP contribution in [0.1, 0.15) is 113 Å². The molecule has 0 unspecified atom stereocenters. The van der Waals surface area contributed by atoms with Gasteiger partial charge >= 0.3 is 0 Å². The Morgan fingerprint density at radius 3 is 1.21 bits per heavy atom. The van der Waals surface area contributed by atoms with Gasteiger partial charge in [0, 0.05) is 28.4 Å². The van der Waals surface area contributed by atoms with Crippen LogP contribution < -0.4 is 5.84 Å². The van der Waals surface area contributed by atoms with E-state index in [2.05, 4.69) is 6.92 Å². The highest BCUT2D eigenvalue weighted by Crippen LogP contribution is 2.46. The summed E-state index contributed by atoms with van der Waals surface area (Å²) in [6.45, 7) is 2.66. The topological polar surface area (TPSA) is 101 Å². The number of unbranched alkanes of at least 4 members (excludes halogenated alkanes) is 9. The van der Waals surface area contributed by atoms with E-state index in [0.717, 1.165) is 51.6 Å². The Hall–Kier alpha value is -4.36. The predicted octanol–water partition coefficient (Wildman–Crippen LogP) is 7.72. The lowest BCUT2D eigenvalue weighted by molar-refractivity contribution is 0.0593. The van der Waals surface area contributed by atoms with Crippen LogP contribution in [-0.4, -0.2) is 40.1 Å². The van der Waals surface area contributed by atoms with E-state index in [4.69, 9.17) is 5.84 Å². The smallest absolute Gasteiger partial charge is 0.274 e. The average Bonchev–Trinajstić information content (AvgIpc) is 3.02. The SMILES string of the molecule is CCCCCCCCCCCCN1C(=O)c2ccc3c4ccc5c6c(ccc(c7ccc(c2c37)C1=O)c64)C(=O)N(N)C5=O. The molecule has 7 rings (SSSR count). The van der Waals surface area contributed by atoms with Crippen molar-refractivity contribution in [3.8, 4) is 0 Å². The molecule has 5 aromatic carbocycles. The van der Waals surface area contributed by atoms with Crippen molar-refractivity contribution in [2.75, 3.05) is 6.54 Å². The van der Waals surface area contributed by atoms with Crippen molar-refractivity contribution in [2.45, 2.75) is 71.1 Å². The summed E-state index contributed by atoms with van der Waals surface area (Å²) in [7, 11) is 0. The van der Waals surface area contributed by atoms with Crippen LogP contribution in [0.5, 0.6) is 0 Å². The van der Waals surface area contributed by atoms with Crippen LogP contribution in [0.15, 0.2) is 48.5 Å². The summed E-state index contributed by atoms with van der Waals surface area (Å²) in [5, 5.41) is 7.12. The second-order valence-electron chi connectivity index (χ2n) is 12.1. The minimum absolute atomic E-state index is 0.243. The fourth-order valence-corrected chi connectivity index (χ4v) is 7.30. The first-order valence-electron chi connectivity index (χ1n) is 15.6. The first kappa shape index (κ1) is 27.5. The van der Waals surface area contributed by atoms with E-state index < -0.39 is 11.8 Å². The Morgan fingerprint density at radius 2 is 0.814 bits per heavy atom. The normalized spacial score (nSPS) is 14.9. The molecule has 0 saturated carbocycles. The fourth-order valence-electron chi connectivity index (χ4n) is 7.30. The molecule has 0 aromatic heterocycles. The van der Waals surface area contributed by atoms with Crippen molar-refractivity contribution >= 4 is 66.7 Å². The van der Waals surface area contributed by atoms with Gasteiger partial charge in [-0.15, -0.1) is 0 Å². The van der Waals surface area contributed by atoms with Crippen molar-refractivity contribution in [2.24, 2.45) is 5.84 Å². The number of carbonyl (C=O) groups excluding carboxylic acids is 4. The second kappa shape index (κ2) is 10.7. The summed E-state index contributed by atoms with van der Waals surface area (Å²) in [6, 6.07) is 14.7. The summed E-state index contributed by atoms with van der Waals surface area (Å²) in [6.07, 6.45) is 11.9. The Bertz CT molecular complexity index is 1860. The van der Waals surface area contributed by atoms with Crippen LogP contribution in [0.25, 0.3) is 43.1 Å². The van der Waals surface area contributed by atoms with Crippen LogP contribution in [0.2, 0.25) is 0 Å². The minimum Gasteiger partial charge on any atom is -0.274 e. The number of hydrogen-bond donors (Lipinski definition) is 1. The van der Waals surface area contributed by atoms with Gasteiger partial charge in [-0.2, -0.15) is 0 Å². The maximum absolute atomic E-state index is 13.7. The highest BCUT2D eigenvalue weighted by Gasteiger charge is 2.36. The van der Waals surface area contributed by atoms with Crippen molar-refractivity contribution in [1.82, 2.24) is 9.91 Å². The lowest BCUT2D eigenvalue weighted by Gasteiger charge is -2.29. The molecule has 7 heteroatoms. The zero-order chi connectivity index (χ0) is 29.8. The van der Waals surface area contributed by atoms with Gasteiger partial charge in [0.15, 0.2) is 0 Å². The van der Waals surface area contributed by atoms with Gasteiger partial charge in [0.05, 0.1) is 11.1 Å². The number of amides is 4. The Balaban J connectivity index is 1.21. The lowest BCUT2D eigenvalue weighted by atomic mass is 9.82. The molecule has 0 spiro atoms. The van der Waals surface area contributed by atoms with Crippen LogP contribution in [0.3, 0.4) is 0 Å². The highest BCUT2D eigenvalue weighted by molar-refractivity contribution is 6.41. The molecule has 0 aliphatic carbocycles. The molecule has 0 radical (unpaired) electrons. The van der Waals surface area contributed by atoms with Gasteiger partial charge in [-0.25, -0.2) is 10.9 Å². The van der Waals surface area contributed by atoms with E-state index in [9.17, 15) is 19.2 Å². The summed E-state index contributed by atoms with van der Waals surface area (Å²) in [4.78, 5) is 54.7. The van der Waals surface area contributed by atoms with E-state index in [0.29, 0.717) is 44.6 Å². The first-order valence-corrected chi connectivity index (χ1v) is 15.6. The minimum atomic E-state index is -0.532. The third-order valence-corrected chi connectivity index (χ3v) is 9.49. The molecule has 2 heterocycles. The van der Waals surface area contributed by atoms with Crippen molar-refractivity contribution in [1.29, 1.82) is 0 Å². The molecule has 5 aromatic rings. The number of hydrogen-bond acceptors (Lipinski definition) is 5. The molecule has 0 atom stereocenters. The maximum atomic E-state index is 13.7. The van der Waals surface area contributed by atoms with Gasteiger partial charge in [-0.3, -0.25) is 24.1 Å². The molecule has 2 N–H and O–H groups in total. The molecule has 4 amide bonds. The van der Waals surface area contributed by atoms with Gasteiger partial charge in [-0.1, -0.05) is 89.0 Å². The number of carbonyl (C=O) groups is 4. The average molecular weight is 574 g/mol. The van der Waals surface area contributed by atoms with E-state index in [1.165, 1.54) is 49.8 Å². The summed E-state index contributed by atoms with van der Waals surface area (Å²) >= 11 is 0. The summed E-state index contributed by atoms with van der Waals surface area (Å²) in [5.74, 6) is 4.26. The van der Waals surface area contributed by atoms with E-state index >= 15 is 0 Å². The second-order valence-corrected chi connectivity index (χ2v) is 12.1. The van der Waals surface area contributed by atoms with Crippen molar-refractivity contribution in [3.05, 3.63) is 70.8 Å². The maximum Gasteiger partial charge on any atom is 0.275 e. The molecule has 0 fully saturated rings.